The molecule has 5 nitrogen and oxygen atoms in total. The summed E-state index contributed by atoms with van der Waals surface area (Å²) < 4.78 is 33.4. The summed E-state index contributed by atoms with van der Waals surface area (Å²) in [5, 5.41) is 7.27. The summed E-state index contributed by atoms with van der Waals surface area (Å²) in [6, 6.07) is 12.5. The van der Waals surface area contributed by atoms with Crippen LogP contribution in [-0.2, 0) is 4.79 Å². The van der Waals surface area contributed by atoms with Crippen LogP contribution in [-0.4, -0.2) is 22.3 Å². The molecule has 1 N–H and O–H groups in total. The smallest absolute Gasteiger partial charge is 0.224 e. The standard InChI is InChI=1S/C21H21F2N3O2/c1-14-11-15(2)26(25-14)18-6-3-5-17(13-18)24-21(27)7-4-10-28-20-9-8-16(22)12-19(20)23/h3,5-6,8-9,11-13H,4,7,10H2,1-2H3,(H,24,27). The van der Waals surface area contributed by atoms with E-state index >= 15 is 0 Å². The minimum Gasteiger partial charge on any atom is -0.491 e. The molecule has 0 unspecified atom stereocenters. The normalized spacial score (nSPS) is 10.7. The molecule has 3 aromatic rings. The Labute approximate surface area is 161 Å². The van der Waals surface area contributed by atoms with E-state index in [2.05, 4.69) is 10.4 Å². The monoisotopic (exact) mass is 385 g/mol. The van der Waals surface area contributed by atoms with Crippen LogP contribution in [0, 0.1) is 25.5 Å². The predicted octanol–water partition coefficient (Wildman–Crippen LogP) is 4.57. The number of halogens is 2. The number of nitrogens with one attached hydrogen (secondary N) is 1. The summed E-state index contributed by atoms with van der Waals surface area (Å²) in [6.45, 7) is 4.05. The fourth-order valence-electron chi connectivity index (χ4n) is 2.84. The van der Waals surface area contributed by atoms with Gasteiger partial charge in [-0.2, -0.15) is 5.10 Å². The molecule has 0 saturated carbocycles. The second-order valence-corrected chi connectivity index (χ2v) is 6.46. The number of ether oxygens (including phenoxy) is 1. The summed E-state index contributed by atoms with van der Waals surface area (Å²) in [5.41, 5.74) is 3.45. The molecule has 3 rings (SSSR count). The molecular formula is C21H21F2N3O2. The summed E-state index contributed by atoms with van der Waals surface area (Å²) in [7, 11) is 0. The van der Waals surface area contributed by atoms with Gasteiger partial charge < -0.3 is 10.1 Å². The summed E-state index contributed by atoms with van der Waals surface area (Å²) in [4.78, 5) is 12.1. The number of aryl methyl sites for hydroxylation is 2. The number of benzene rings is 2. The van der Waals surface area contributed by atoms with Crippen molar-refractivity contribution in [3.05, 3.63) is 71.6 Å². The largest absolute Gasteiger partial charge is 0.491 e. The molecule has 0 aliphatic heterocycles. The van der Waals surface area contributed by atoms with Gasteiger partial charge in [0.05, 0.1) is 18.0 Å². The van der Waals surface area contributed by atoms with E-state index in [0.717, 1.165) is 29.2 Å². The second kappa shape index (κ2) is 8.65. The van der Waals surface area contributed by atoms with Gasteiger partial charge in [0, 0.05) is 23.9 Å². The maximum Gasteiger partial charge on any atom is 0.224 e. The van der Waals surface area contributed by atoms with E-state index in [-0.39, 0.29) is 24.7 Å². The van der Waals surface area contributed by atoms with Gasteiger partial charge in [-0.25, -0.2) is 13.5 Å². The molecule has 146 valence electrons. The Morgan fingerprint density at radius 2 is 1.96 bits per heavy atom. The second-order valence-electron chi connectivity index (χ2n) is 6.46. The first kappa shape index (κ1) is 19.5. The zero-order chi connectivity index (χ0) is 20.1. The van der Waals surface area contributed by atoms with Crippen molar-refractivity contribution >= 4 is 11.6 Å². The predicted molar refractivity (Wildman–Crippen MR) is 103 cm³/mol. The Hall–Kier alpha value is -3.22. The van der Waals surface area contributed by atoms with Gasteiger partial charge in [-0.1, -0.05) is 6.07 Å². The number of aromatic nitrogens is 2. The molecule has 28 heavy (non-hydrogen) atoms. The molecule has 0 saturated heterocycles. The molecule has 0 aliphatic rings. The molecule has 0 aliphatic carbocycles. The van der Waals surface area contributed by atoms with Crippen LogP contribution >= 0.6 is 0 Å². The van der Waals surface area contributed by atoms with E-state index in [1.165, 1.54) is 6.07 Å². The minimum absolute atomic E-state index is 0.0283. The van der Waals surface area contributed by atoms with Crippen molar-refractivity contribution in [2.75, 3.05) is 11.9 Å². The average molecular weight is 385 g/mol. The number of nitrogens with zero attached hydrogens (tertiary/aromatic N) is 2. The van der Waals surface area contributed by atoms with E-state index in [0.29, 0.717) is 12.1 Å². The Kier molecular flexibility index (Phi) is 6.03. The van der Waals surface area contributed by atoms with Crippen molar-refractivity contribution < 1.29 is 18.3 Å². The molecule has 0 bridgehead atoms. The third-order valence-corrected chi connectivity index (χ3v) is 4.08. The van der Waals surface area contributed by atoms with Crippen LogP contribution in [0.5, 0.6) is 5.75 Å². The lowest BCUT2D eigenvalue weighted by Gasteiger charge is -2.10. The van der Waals surface area contributed by atoms with Gasteiger partial charge in [-0.3, -0.25) is 4.79 Å². The lowest BCUT2D eigenvalue weighted by molar-refractivity contribution is -0.116. The number of hydrogen-bond donors (Lipinski definition) is 1. The molecule has 1 heterocycles. The summed E-state index contributed by atoms with van der Waals surface area (Å²) in [5.74, 6) is -1.62. The fraction of sp³-hybridized carbons (Fsp3) is 0.238. The van der Waals surface area contributed by atoms with Gasteiger partial charge in [-0.15, -0.1) is 0 Å². The molecule has 0 spiro atoms. The van der Waals surface area contributed by atoms with E-state index in [4.69, 9.17) is 4.74 Å². The van der Waals surface area contributed by atoms with Crippen LogP contribution in [0.3, 0.4) is 0 Å². The Bertz CT molecular complexity index is 986. The van der Waals surface area contributed by atoms with Crippen LogP contribution < -0.4 is 10.1 Å². The maximum absolute atomic E-state index is 13.5. The topological polar surface area (TPSA) is 56.2 Å². The number of carbonyl (C=O) groups excluding carboxylic acids is 1. The van der Waals surface area contributed by atoms with Gasteiger partial charge in [0.1, 0.15) is 5.82 Å². The molecule has 1 amide bonds. The molecule has 0 atom stereocenters. The molecule has 1 aromatic heterocycles. The van der Waals surface area contributed by atoms with Crippen LogP contribution in [0.4, 0.5) is 14.5 Å². The molecule has 7 heteroatoms. The fourth-order valence-corrected chi connectivity index (χ4v) is 2.84. The SMILES string of the molecule is Cc1cc(C)n(-c2cccc(NC(=O)CCCOc3ccc(F)cc3F)c2)n1. The van der Waals surface area contributed by atoms with Crippen LogP contribution in [0.25, 0.3) is 5.69 Å². The summed E-state index contributed by atoms with van der Waals surface area (Å²) in [6.07, 6.45) is 0.618. The van der Waals surface area contributed by atoms with Crippen molar-refractivity contribution in [1.82, 2.24) is 9.78 Å². The van der Waals surface area contributed by atoms with E-state index < -0.39 is 11.6 Å². The van der Waals surface area contributed by atoms with Gasteiger partial charge >= 0.3 is 0 Å². The average Bonchev–Trinajstić information content (AvgIpc) is 2.98. The van der Waals surface area contributed by atoms with Crippen LogP contribution in [0.1, 0.15) is 24.2 Å². The Morgan fingerprint density at radius 1 is 1.14 bits per heavy atom. The molecule has 2 aromatic carbocycles. The lowest BCUT2D eigenvalue weighted by Crippen LogP contribution is -2.13. The van der Waals surface area contributed by atoms with Crippen molar-refractivity contribution in [3.8, 4) is 11.4 Å². The third-order valence-electron chi connectivity index (χ3n) is 4.08. The van der Waals surface area contributed by atoms with Gasteiger partial charge in [0.2, 0.25) is 5.91 Å². The maximum atomic E-state index is 13.5. The molecule has 0 radical (unpaired) electrons. The Balaban J connectivity index is 1.51. The third kappa shape index (κ3) is 4.94. The highest BCUT2D eigenvalue weighted by Gasteiger charge is 2.08. The zero-order valence-corrected chi connectivity index (χ0v) is 15.7. The lowest BCUT2D eigenvalue weighted by atomic mass is 10.2. The van der Waals surface area contributed by atoms with Crippen molar-refractivity contribution in [3.63, 3.8) is 0 Å². The molecule has 0 fully saturated rings. The Morgan fingerprint density at radius 3 is 2.68 bits per heavy atom. The van der Waals surface area contributed by atoms with Crippen molar-refractivity contribution in [1.29, 1.82) is 0 Å². The number of hydrogen-bond acceptors (Lipinski definition) is 3. The highest BCUT2D eigenvalue weighted by Crippen LogP contribution is 2.19. The highest BCUT2D eigenvalue weighted by atomic mass is 19.1. The first-order valence-electron chi connectivity index (χ1n) is 8.94. The summed E-state index contributed by atoms with van der Waals surface area (Å²) >= 11 is 0. The van der Waals surface area contributed by atoms with E-state index in [1.54, 1.807) is 6.07 Å². The highest BCUT2D eigenvalue weighted by molar-refractivity contribution is 5.90. The van der Waals surface area contributed by atoms with Gasteiger partial charge in [0.25, 0.3) is 0 Å². The van der Waals surface area contributed by atoms with Crippen molar-refractivity contribution in [2.24, 2.45) is 0 Å². The van der Waals surface area contributed by atoms with Gasteiger partial charge in [0.15, 0.2) is 11.6 Å². The van der Waals surface area contributed by atoms with E-state index in [9.17, 15) is 13.6 Å². The molecular weight excluding hydrogens is 364 g/mol. The number of anilines is 1. The van der Waals surface area contributed by atoms with E-state index in [1.807, 2.05) is 42.8 Å². The first-order valence-corrected chi connectivity index (χ1v) is 8.94. The number of rotatable bonds is 7. The minimum atomic E-state index is -0.759. The van der Waals surface area contributed by atoms with Crippen LogP contribution in [0.2, 0.25) is 0 Å². The zero-order valence-electron chi connectivity index (χ0n) is 15.7. The van der Waals surface area contributed by atoms with Crippen LogP contribution in [0.15, 0.2) is 48.5 Å². The first-order chi connectivity index (χ1) is 13.4. The van der Waals surface area contributed by atoms with Crippen molar-refractivity contribution in [2.45, 2.75) is 26.7 Å². The van der Waals surface area contributed by atoms with Gasteiger partial charge in [-0.05, 0) is 56.7 Å². The number of carbonyl (C=O) groups is 1. The number of amides is 1. The quantitative estimate of drug-likeness (QED) is 0.607.